The normalized spacial score (nSPS) is 11.2. The van der Waals surface area contributed by atoms with Gasteiger partial charge in [-0.05, 0) is 47.1 Å². The van der Waals surface area contributed by atoms with E-state index >= 15 is 0 Å². The van der Waals surface area contributed by atoms with Crippen molar-refractivity contribution in [1.29, 1.82) is 0 Å². The van der Waals surface area contributed by atoms with Crippen LogP contribution in [0.15, 0.2) is 42.5 Å². The van der Waals surface area contributed by atoms with Gasteiger partial charge in [0.25, 0.3) is 0 Å². The Morgan fingerprint density at radius 2 is 1.40 bits per heavy atom. The number of benzene rings is 2. The summed E-state index contributed by atoms with van der Waals surface area (Å²) in [7, 11) is 0. The topological polar surface area (TPSA) is 0 Å². The minimum absolute atomic E-state index is 1.10. The third kappa shape index (κ3) is 3.19. The van der Waals surface area contributed by atoms with E-state index in [0.717, 1.165) is 19.3 Å². The van der Waals surface area contributed by atoms with Crippen LogP contribution in [0.5, 0.6) is 0 Å². The molecule has 0 nitrogen and oxygen atoms in total. The summed E-state index contributed by atoms with van der Waals surface area (Å²) in [5.74, 6) is 0. The lowest BCUT2D eigenvalue weighted by Gasteiger charge is -2.14. The molecule has 0 heterocycles. The highest BCUT2D eigenvalue weighted by Gasteiger charge is 2.07. The van der Waals surface area contributed by atoms with Crippen molar-refractivity contribution in [3.8, 4) is 0 Å². The van der Waals surface area contributed by atoms with Gasteiger partial charge in [-0.25, -0.2) is 0 Å². The Morgan fingerprint density at radius 3 is 2.00 bits per heavy atom. The van der Waals surface area contributed by atoms with Crippen LogP contribution in [0.2, 0.25) is 0 Å². The maximum atomic E-state index is 2.29. The smallest absolute Gasteiger partial charge is 0.0221 e. The maximum Gasteiger partial charge on any atom is -0.0221 e. The van der Waals surface area contributed by atoms with Crippen molar-refractivity contribution < 1.29 is 0 Å². The summed E-state index contributed by atoms with van der Waals surface area (Å²) in [5.41, 5.74) is 7.18. The second-order valence-electron chi connectivity index (χ2n) is 5.08. The molecule has 0 unspecified atom stereocenters. The van der Waals surface area contributed by atoms with Crippen molar-refractivity contribution in [2.45, 2.75) is 40.0 Å². The van der Waals surface area contributed by atoms with Crippen molar-refractivity contribution in [1.82, 2.24) is 0 Å². The van der Waals surface area contributed by atoms with Gasteiger partial charge in [0.05, 0.1) is 0 Å². The number of hydrogen-bond acceptors (Lipinski definition) is 0. The average Bonchev–Trinajstić information content (AvgIpc) is 2.52. The molecule has 20 heavy (non-hydrogen) atoms. The van der Waals surface area contributed by atoms with Gasteiger partial charge in [0.2, 0.25) is 0 Å². The second-order valence-corrected chi connectivity index (χ2v) is 5.08. The molecule has 2 aromatic carbocycles. The Kier molecular flexibility index (Phi) is 5.17. The Bertz CT molecular complexity index is 576. The van der Waals surface area contributed by atoms with Crippen LogP contribution in [0.1, 0.15) is 48.6 Å². The summed E-state index contributed by atoms with van der Waals surface area (Å²) in [6.45, 7) is 6.76. The minimum Gasteiger partial charge on any atom is -0.0622 e. The van der Waals surface area contributed by atoms with E-state index < -0.39 is 0 Å². The van der Waals surface area contributed by atoms with Crippen molar-refractivity contribution in [2.24, 2.45) is 0 Å². The van der Waals surface area contributed by atoms with Crippen molar-refractivity contribution in [2.75, 3.05) is 0 Å². The third-order valence-corrected chi connectivity index (χ3v) is 3.91. The van der Waals surface area contributed by atoms with Crippen LogP contribution in [0.3, 0.4) is 0 Å². The highest BCUT2D eigenvalue weighted by Crippen LogP contribution is 2.23. The van der Waals surface area contributed by atoms with E-state index in [4.69, 9.17) is 0 Å². The molecule has 0 aliphatic rings. The molecule has 0 atom stereocenters. The molecule has 104 valence electrons. The molecule has 0 N–H and O–H groups in total. The summed E-state index contributed by atoms with van der Waals surface area (Å²) >= 11 is 0. The van der Waals surface area contributed by atoms with Gasteiger partial charge in [0.1, 0.15) is 0 Å². The minimum atomic E-state index is 1.10. The number of rotatable bonds is 5. The van der Waals surface area contributed by atoms with Crippen molar-refractivity contribution in [3.05, 3.63) is 70.3 Å². The molecular weight excluding hydrogens is 240 g/mol. The van der Waals surface area contributed by atoms with Crippen LogP contribution in [0.4, 0.5) is 0 Å². The highest BCUT2D eigenvalue weighted by atomic mass is 14.1. The molecule has 0 fully saturated rings. The van der Waals surface area contributed by atoms with E-state index in [9.17, 15) is 0 Å². The first-order valence-electron chi connectivity index (χ1n) is 7.66. The van der Waals surface area contributed by atoms with E-state index in [2.05, 4.69) is 75.4 Å². The van der Waals surface area contributed by atoms with Gasteiger partial charge in [-0.1, -0.05) is 75.4 Å². The standard InChI is InChI=1S/C20H24/c1-4-17-14-15-18(20(6-3)19(17)5-2)13-12-16-10-8-7-9-11-16/h7-15H,4-6H2,1-3H3. The molecule has 0 aliphatic carbocycles. The van der Waals surface area contributed by atoms with Crippen LogP contribution >= 0.6 is 0 Å². The first-order chi connectivity index (χ1) is 9.80. The Balaban J connectivity index is 2.39. The van der Waals surface area contributed by atoms with E-state index in [1.165, 1.54) is 22.3 Å². The highest BCUT2D eigenvalue weighted by molar-refractivity contribution is 5.72. The first kappa shape index (κ1) is 14.6. The van der Waals surface area contributed by atoms with Crippen molar-refractivity contribution in [3.63, 3.8) is 0 Å². The Hall–Kier alpha value is -1.82. The molecule has 0 saturated carbocycles. The van der Waals surface area contributed by atoms with Crippen LogP contribution in [0.25, 0.3) is 12.2 Å². The zero-order valence-electron chi connectivity index (χ0n) is 12.8. The molecule has 0 saturated heterocycles. The van der Waals surface area contributed by atoms with E-state index in [-0.39, 0.29) is 0 Å². The van der Waals surface area contributed by atoms with Crippen LogP contribution in [-0.2, 0) is 19.3 Å². The zero-order chi connectivity index (χ0) is 14.4. The molecule has 0 amide bonds. The van der Waals surface area contributed by atoms with Crippen LogP contribution < -0.4 is 0 Å². The molecular formula is C20H24. The third-order valence-electron chi connectivity index (χ3n) is 3.91. The van der Waals surface area contributed by atoms with Gasteiger partial charge in [0, 0.05) is 0 Å². The van der Waals surface area contributed by atoms with Crippen molar-refractivity contribution >= 4 is 12.2 Å². The quantitative estimate of drug-likeness (QED) is 0.622. The molecule has 0 aromatic heterocycles. The largest absolute Gasteiger partial charge is 0.0622 e. The molecule has 0 heteroatoms. The summed E-state index contributed by atoms with van der Waals surface area (Å²) in [6, 6.07) is 15.1. The van der Waals surface area contributed by atoms with Gasteiger partial charge in [-0.2, -0.15) is 0 Å². The molecule has 2 rings (SSSR count). The Morgan fingerprint density at radius 1 is 0.700 bits per heavy atom. The average molecular weight is 264 g/mol. The fourth-order valence-electron chi connectivity index (χ4n) is 2.86. The Labute approximate surface area is 123 Å². The molecule has 0 radical (unpaired) electrons. The molecule has 0 aliphatic heterocycles. The lowest BCUT2D eigenvalue weighted by atomic mass is 9.91. The van der Waals surface area contributed by atoms with Crippen LogP contribution in [-0.4, -0.2) is 0 Å². The van der Waals surface area contributed by atoms with E-state index in [1.54, 1.807) is 5.56 Å². The van der Waals surface area contributed by atoms with Gasteiger partial charge >= 0.3 is 0 Å². The van der Waals surface area contributed by atoms with Crippen LogP contribution in [0, 0.1) is 0 Å². The SMILES string of the molecule is CCc1ccc(C=Cc2ccccc2)c(CC)c1CC. The fraction of sp³-hybridized carbons (Fsp3) is 0.300. The monoisotopic (exact) mass is 264 g/mol. The second kappa shape index (κ2) is 7.09. The summed E-state index contributed by atoms with van der Waals surface area (Å²) < 4.78 is 0. The van der Waals surface area contributed by atoms with Gasteiger partial charge in [-0.3, -0.25) is 0 Å². The van der Waals surface area contributed by atoms with Gasteiger partial charge < -0.3 is 0 Å². The molecule has 0 bridgehead atoms. The predicted molar refractivity (Wildman–Crippen MR) is 89.9 cm³/mol. The summed E-state index contributed by atoms with van der Waals surface area (Å²) in [5, 5.41) is 0. The van der Waals surface area contributed by atoms with Gasteiger partial charge in [-0.15, -0.1) is 0 Å². The van der Waals surface area contributed by atoms with E-state index in [1.807, 2.05) is 0 Å². The first-order valence-corrected chi connectivity index (χ1v) is 7.66. The zero-order valence-corrected chi connectivity index (χ0v) is 12.8. The van der Waals surface area contributed by atoms with Gasteiger partial charge in [0.15, 0.2) is 0 Å². The lowest BCUT2D eigenvalue weighted by molar-refractivity contribution is 0.978. The molecule has 2 aromatic rings. The number of hydrogen-bond donors (Lipinski definition) is 0. The summed E-state index contributed by atoms with van der Waals surface area (Å²) in [4.78, 5) is 0. The maximum absolute atomic E-state index is 2.29. The summed E-state index contributed by atoms with van der Waals surface area (Å²) in [6.07, 6.45) is 7.82. The fourth-order valence-corrected chi connectivity index (χ4v) is 2.86. The lowest BCUT2D eigenvalue weighted by Crippen LogP contribution is -2.00. The number of aryl methyl sites for hydroxylation is 1. The molecule has 0 spiro atoms. The van der Waals surface area contributed by atoms with E-state index in [0.29, 0.717) is 0 Å². The predicted octanol–water partition coefficient (Wildman–Crippen LogP) is 5.54.